The SMILES string of the molecule is CC(=O)CC(=O)O.CCC[Si](OC)(OC)OC. The predicted molar refractivity (Wildman–Crippen MR) is 64.8 cm³/mol. The molecule has 0 aromatic heterocycles. The van der Waals surface area contributed by atoms with E-state index in [4.69, 9.17) is 18.4 Å². The van der Waals surface area contributed by atoms with Crippen LogP contribution in [0.3, 0.4) is 0 Å². The van der Waals surface area contributed by atoms with Gasteiger partial charge in [-0.1, -0.05) is 13.3 Å². The molecule has 0 atom stereocenters. The first kappa shape index (κ1) is 18.6. The highest BCUT2D eigenvalue weighted by Crippen LogP contribution is 2.13. The number of ketones is 1. The van der Waals surface area contributed by atoms with Crippen molar-refractivity contribution in [3.05, 3.63) is 0 Å². The number of carbonyl (C=O) groups is 2. The van der Waals surface area contributed by atoms with E-state index in [1.54, 1.807) is 21.3 Å². The molecule has 0 aromatic carbocycles. The number of hydrogen-bond acceptors (Lipinski definition) is 5. The number of hydrogen-bond donors (Lipinski definition) is 1. The lowest BCUT2D eigenvalue weighted by atomic mass is 10.3. The van der Waals surface area contributed by atoms with E-state index in [1.807, 2.05) is 0 Å². The van der Waals surface area contributed by atoms with E-state index >= 15 is 0 Å². The third kappa shape index (κ3) is 10.1. The Morgan fingerprint density at radius 3 is 1.59 bits per heavy atom. The first-order valence-corrected chi connectivity index (χ1v) is 7.17. The number of carbonyl (C=O) groups excluding carboxylic acids is 1. The van der Waals surface area contributed by atoms with Gasteiger partial charge < -0.3 is 18.4 Å². The fourth-order valence-corrected chi connectivity index (χ4v) is 2.80. The minimum Gasteiger partial charge on any atom is -0.481 e. The largest absolute Gasteiger partial charge is 0.500 e. The van der Waals surface area contributed by atoms with Gasteiger partial charge in [-0.25, -0.2) is 0 Å². The molecule has 0 amide bonds. The summed E-state index contributed by atoms with van der Waals surface area (Å²) in [6.07, 6.45) is 0.668. The zero-order valence-electron chi connectivity index (χ0n) is 11.1. The molecule has 0 saturated heterocycles. The Balaban J connectivity index is 0. The van der Waals surface area contributed by atoms with E-state index in [-0.39, 0.29) is 12.2 Å². The van der Waals surface area contributed by atoms with Crippen LogP contribution < -0.4 is 0 Å². The van der Waals surface area contributed by atoms with Gasteiger partial charge in [-0.05, 0) is 6.92 Å². The quantitative estimate of drug-likeness (QED) is 0.553. The summed E-state index contributed by atoms with van der Waals surface area (Å²) >= 11 is 0. The van der Waals surface area contributed by atoms with Gasteiger partial charge in [0.2, 0.25) is 0 Å². The van der Waals surface area contributed by atoms with Crippen LogP contribution in [0.15, 0.2) is 0 Å². The van der Waals surface area contributed by atoms with Gasteiger partial charge in [0.1, 0.15) is 12.2 Å². The summed E-state index contributed by atoms with van der Waals surface area (Å²) in [5, 5.41) is 7.86. The minimum atomic E-state index is -2.22. The zero-order valence-corrected chi connectivity index (χ0v) is 12.1. The van der Waals surface area contributed by atoms with Crippen molar-refractivity contribution in [3.8, 4) is 0 Å². The van der Waals surface area contributed by atoms with E-state index in [0.29, 0.717) is 0 Å². The van der Waals surface area contributed by atoms with E-state index in [2.05, 4.69) is 6.92 Å². The molecule has 17 heavy (non-hydrogen) atoms. The Bertz CT molecular complexity index is 207. The molecule has 0 radical (unpaired) electrons. The molecule has 0 aliphatic heterocycles. The molecule has 102 valence electrons. The number of carboxylic acid groups (broad SMARTS) is 1. The van der Waals surface area contributed by atoms with Gasteiger partial charge in [-0.2, -0.15) is 0 Å². The van der Waals surface area contributed by atoms with Crippen molar-refractivity contribution in [2.45, 2.75) is 32.7 Å². The molecule has 6 nitrogen and oxygen atoms in total. The molecule has 0 aliphatic carbocycles. The van der Waals surface area contributed by atoms with Crippen LogP contribution in [0.25, 0.3) is 0 Å². The van der Waals surface area contributed by atoms with Crippen LogP contribution in [0.2, 0.25) is 6.04 Å². The van der Waals surface area contributed by atoms with Crippen LogP contribution in [0.4, 0.5) is 0 Å². The van der Waals surface area contributed by atoms with Crippen molar-refractivity contribution in [1.82, 2.24) is 0 Å². The molecule has 0 aliphatic rings. The second-order valence-electron chi connectivity index (χ2n) is 3.32. The summed E-state index contributed by atoms with van der Waals surface area (Å²) in [5.74, 6) is -1.37. The molecular formula is C10H22O6Si. The lowest BCUT2D eigenvalue weighted by Gasteiger charge is -2.23. The predicted octanol–water partition coefficient (Wildman–Crippen LogP) is 1.32. The van der Waals surface area contributed by atoms with Crippen molar-refractivity contribution < 1.29 is 28.0 Å². The molecule has 0 fully saturated rings. The maximum Gasteiger partial charge on any atom is 0.500 e. The third-order valence-corrected chi connectivity index (χ3v) is 4.87. The van der Waals surface area contributed by atoms with Crippen LogP contribution in [-0.4, -0.2) is 47.0 Å². The summed E-state index contributed by atoms with van der Waals surface area (Å²) in [6.45, 7) is 3.33. The van der Waals surface area contributed by atoms with Gasteiger partial charge in [0, 0.05) is 27.4 Å². The molecular weight excluding hydrogens is 244 g/mol. The van der Waals surface area contributed by atoms with Crippen LogP contribution >= 0.6 is 0 Å². The molecule has 0 unspecified atom stereocenters. The fourth-order valence-electron chi connectivity index (χ4n) is 1.08. The Kier molecular flexibility index (Phi) is 11.4. The summed E-state index contributed by atoms with van der Waals surface area (Å²) in [6, 6.07) is 0.885. The second-order valence-corrected chi connectivity index (χ2v) is 6.41. The summed E-state index contributed by atoms with van der Waals surface area (Å²) in [7, 11) is 2.68. The van der Waals surface area contributed by atoms with Gasteiger partial charge in [-0.3, -0.25) is 9.59 Å². The van der Waals surface area contributed by atoms with E-state index in [1.165, 1.54) is 6.92 Å². The minimum absolute atomic E-state index is 0.312. The molecule has 7 heteroatoms. The van der Waals surface area contributed by atoms with Crippen molar-refractivity contribution in [2.24, 2.45) is 0 Å². The maximum absolute atomic E-state index is 9.87. The Morgan fingerprint density at radius 2 is 1.53 bits per heavy atom. The fraction of sp³-hybridized carbons (Fsp3) is 0.800. The highest BCUT2D eigenvalue weighted by Gasteiger charge is 2.36. The lowest BCUT2D eigenvalue weighted by molar-refractivity contribution is -0.139. The van der Waals surface area contributed by atoms with Gasteiger partial charge in [0.25, 0.3) is 0 Å². The molecule has 0 rings (SSSR count). The van der Waals surface area contributed by atoms with Crippen LogP contribution in [0.5, 0.6) is 0 Å². The van der Waals surface area contributed by atoms with Crippen LogP contribution in [0.1, 0.15) is 26.7 Å². The van der Waals surface area contributed by atoms with Gasteiger partial charge >= 0.3 is 14.8 Å². The summed E-state index contributed by atoms with van der Waals surface area (Å²) < 4.78 is 15.5. The van der Waals surface area contributed by atoms with Gasteiger partial charge in [-0.15, -0.1) is 0 Å². The lowest BCUT2D eigenvalue weighted by Crippen LogP contribution is -2.42. The van der Waals surface area contributed by atoms with Crippen molar-refractivity contribution in [3.63, 3.8) is 0 Å². The van der Waals surface area contributed by atoms with E-state index < -0.39 is 14.8 Å². The molecule has 0 bridgehead atoms. The molecule has 0 heterocycles. The van der Waals surface area contributed by atoms with Crippen molar-refractivity contribution in [1.29, 1.82) is 0 Å². The van der Waals surface area contributed by atoms with Gasteiger partial charge in [0.05, 0.1) is 0 Å². The molecule has 0 spiro atoms. The highest BCUT2D eigenvalue weighted by molar-refractivity contribution is 6.60. The van der Waals surface area contributed by atoms with Crippen LogP contribution in [-0.2, 0) is 22.9 Å². The number of Topliss-reactive ketones (excluding diaryl/α,β-unsaturated/α-hetero) is 1. The Hall–Kier alpha value is -0.763. The monoisotopic (exact) mass is 266 g/mol. The Labute approximate surface area is 103 Å². The second kappa shape index (κ2) is 10.4. The molecule has 0 aromatic rings. The average molecular weight is 266 g/mol. The van der Waals surface area contributed by atoms with Crippen molar-refractivity contribution in [2.75, 3.05) is 21.3 Å². The van der Waals surface area contributed by atoms with Gasteiger partial charge in [0.15, 0.2) is 0 Å². The number of rotatable bonds is 7. The smallest absolute Gasteiger partial charge is 0.481 e. The Morgan fingerprint density at radius 1 is 1.12 bits per heavy atom. The van der Waals surface area contributed by atoms with Crippen LogP contribution in [0, 0.1) is 0 Å². The molecule has 0 saturated carbocycles. The normalized spacial score (nSPS) is 10.4. The maximum atomic E-state index is 9.87. The van der Waals surface area contributed by atoms with E-state index in [0.717, 1.165) is 12.5 Å². The zero-order chi connectivity index (χ0) is 13.9. The topological polar surface area (TPSA) is 82.1 Å². The summed E-state index contributed by atoms with van der Waals surface area (Å²) in [4.78, 5) is 19.5. The number of aliphatic carboxylic acids is 1. The third-order valence-electron chi connectivity index (χ3n) is 1.89. The highest BCUT2D eigenvalue weighted by atomic mass is 28.4. The number of carboxylic acids is 1. The first-order valence-electron chi connectivity index (χ1n) is 5.24. The summed E-state index contributed by atoms with van der Waals surface area (Å²) in [5.41, 5.74) is 0. The van der Waals surface area contributed by atoms with Crippen molar-refractivity contribution >= 4 is 20.6 Å². The average Bonchev–Trinajstić information content (AvgIpc) is 2.25. The first-order chi connectivity index (χ1) is 7.87. The molecule has 1 N–H and O–H groups in total. The van der Waals surface area contributed by atoms with E-state index in [9.17, 15) is 9.59 Å². The standard InChI is InChI=1S/C6H16O3Si.C4H6O3/c1-5-6-10(7-2,8-3)9-4;1-3(5)2-4(6)7/h5-6H2,1-4H3;2H2,1H3,(H,6,7).